The first-order chi connectivity index (χ1) is 10.9. The SMILES string of the molecule is CS(=O)(=O)c1nnc(C2CCN(C(=O)Cc3cccs3)CC2)o1. The molecule has 3 rings (SSSR count). The van der Waals surface area contributed by atoms with Crippen LogP contribution in [-0.4, -0.2) is 48.8 Å². The molecular formula is C14H17N3O4S2. The Morgan fingerprint density at radius 1 is 1.39 bits per heavy atom. The van der Waals surface area contributed by atoms with Crippen molar-refractivity contribution in [1.82, 2.24) is 15.1 Å². The van der Waals surface area contributed by atoms with Gasteiger partial charge in [-0.1, -0.05) is 11.2 Å². The number of thiophene rings is 1. The van der Waals surface area contributed by atoms with Crippen molar-refractivity contribution in [1.29, 1.82) is 0 Å². The number of carbonyl (C=O) groups excluding carboxylic acids is 1. The zero-order valence-electron chi connectivity index (χ0n) is 12.6. The van der Waals surface area contributed by atoms with Crippen molar-refractivity contribution in [2.24, 2.45) is 0 Å². The van der Waals surface area contributed by atoms with Crippen molar-refractivity contribution in [3.63, 3.8) is 0 Å². The molecule has 0 saturated carbocycles. The number of sulfone groups is 1. The molecule has 1 fully saturated rings. The molecule has 0 spiro atoms. The Balaban J connectivity index is 1.58. The van der Waals surface area contributed by atoms with Crippen LogP contribution in [-0.2, 0) is 21.1 Å². The summed E-state index contributed by atoms with van der Waals surface area (Å²) in [5.74, 6) is 0.466. The van der Waals surface area contributed by atoms with E-state index in [1.54, 1.807) is 11.3 Å². The number of rotatable bonds is 4. The van der Waals surface area contributed by atoms with Gasteiger partial charge in [0.05, 0.1) is 6.42 Å². The van der Waals surface area contributed by atoms with E-state index in [0.717, 1.165) is 11.1 Å². The molecule has 0 aromatic carbocycles. The lowest BCUT2D eigenvalue weighted by Gasteiger charge is -2.30. The minimum absolute atomic E-state index is 0.00351. The van der Waals surface area contributed by atoms with Gasteiger partial charge in [-0.05, 0) is 24.3 Å². The Kier molecular flexibility index (Phi) is 4.49. The molecule has 1 aliphatic rings. The first-order valence-corrected chi connectivity index (χ1v) is 10.0. The minimum atomic E-state index is -3.48. The molecule has 3 heterocycles. The number of nitrogens with zero attached hydrogens (tertiary/aromatic N) is 3. The zero-order valence-corrected chi connectivity index (χ0v) is 14.3. The zero-order chi connectivity index (χ0) is 16.4. The van der Waals surface area contributed by atoms with Crippen molar-refractivity contribution >= 4 is 27.1 Å². The molecular weight excluding hydrogens is 338 g/mol. The highest BCUT2D eigenvalue weighted by Gasteiger charge is 2.28. The number of amides is 1. The molecule has 1 saturated heterocycles. The highest BCUT2D eigenvalue weighted by atomic mass is 32.2. The Labute approximate surface area is 138 Å². The van der Waals surface area contributed by atoms with E-state index in [1.165, 1.54) is 0 Å². The second kappa shape index (κ2) is 6.40. The van der Waals surface area contributed by atoms with E-state index in [2.05, 4.69) is 10.2 Å². The second-order valence-electron chi connectivity index (χ2n) is 5.59. The maximum Gasteiger partial charge on any atom is 0.335 e. The predicted molar refractivity (Wildman–Crippen MR) is 84.0 cm³/mol. The molecule has 0 aliphatic carbocycles. The number of piperidine rings is 1. The summed E-state index contributed by atoms with van der Waals surface area (Å²) >= 11 is 1.58. The third-order valence-electron chi connectivity index (χ3n) is 3.84. The number of hydrogen-bond donors (Lipinski definition) is 0. The summed E-state index contributed by atoms with van der Waals surface area (Å²) in [4.78, 5) is 15.1. The lowest BCUT2D eigenvalue weighted by atomic mass is 9.96. The van der Waals surface area contributed by atoms with Gasteiger partial charge in [0.2, 0.25) is 21.6 Å². The molecule has 2 aromatic heterocycles. The van der Waals surface area contributed by atoms with Gasteiger partial charge in [0.15, 0.2) is 0 Å². The van der Waals surface area contributed by atoms with Gasteiger partial charge in [-0.2, -0.15) is 0 Å². The quantitative estimate of drug-likeness (QED) is 0.825. The van der Waals surface area contributed by atoms with Crippen LogP contribution in [0.1, 0.15) is 29.5 Å². The van der Waals surface area contributed by atoms with Crippen molar-refractivity contribution in [3.8, 4) is 0 Å². The van der Waals surface area contributed by atoms with Crippen molar-refractivity contribution in [3.05, 3.63) is 28.3 Å². The van der Waals surface area contributed by atoms with Crippen molar-refractivity contribution < 1.29 is 17.6 Å². The van der Waals surface area contributed by atoms with E-state index in [-0.39, 0.29) is 17.0 Å². The van der Waals surface area contributed by atoms with Crippen LogP contribution in [0.4, 0.5) is 0 Å². The molecule has 0 atom stereocenters. The summed E-state index contributed by atoms with van der Waals surface area (Å²) in [5, 5.41) is 9.04. The van der Waals surface area contributed by atoms with Crippen LogP contribution >= 0.6 is 11.3 Å². The summed E-state index contributed by atoms with van der Waals surface area (Å²) in [6.07, 6.45) is 2.86. The van der Waals surface area contributed by atoms with Crippen LogP contribution < -0.4 is 0 Å². The summed E-state index contributed by atoms with van der Waals surface area (Å²) in [7, 11) is -3.48. The Bertz CT molecular complexity index is 775. The fourth-order valence-corrected chi connectivity index (χ4v) is 3.71. The van der Waals surface area contributed by atoms with E-state index in [1.807, 2.05) is 22.4 Å². The molecule has 0 unspecified atom stereocenters. The summed E-state index contributed by atoms with van der Waals surface area (Å²) < 4.78 is 28.0. The summed E-state index contributed by atoms with van der Waals surface area (Å²) in [6, 6.07) is 3.90. The van der Waals surface area contributed by atoms with Crippen LogP contribution in [0.25, 0.3) is 0 Å². The molecule has 9 heteroatoms. The maximum atomic E-state index is 12.2. The normalized spacial score (nSPS) is 16.7. The largest absolute Gasteiger partial charge is 0.412 e. The van der Waals surface area contributed by atoms with Gasteiger partial charge in [0.25, 0.3) is 0 Å². The van der Waals surface area contributed by atoms with E-state index in [0.29, 0.717) is 38.2 Å². The van der Waals surface area contributed by atoms with E-state index >= 15 is 0 Å². The van der Waals surface area contributed by atoms with Crippen LogP contribution in [0.3, 0.4) is 0 Å². The van der Waals surface area contributed by atoms with Gasteiger partial charge in [-0.25, -0.2) is 8.42 Å². The van der Waals surface area contributed by atoms with Crippen LogP contribution in [0.15, 0.2) is 27.2 Å². The molecule has 0 N–H and O–H groups in total. The Morgan fingerprint density at radius 2 is 2.13 bits per heavy atom. The van der Waals surface area contributed by atoms with Gasteiger partial charge in [0, 0.05) is 30.1 Å². The Morgan fingerprint density at radius 3 is 2.70 bits per heavy atom. The molecule has 0 bridgehead atoms. The van der Waals surface area contributed by atoms with Crippen molar-refractivity contribution in [2.75, 3.05) is 19.3 Å². The van der Waals surface area contributed by atoms with E-state index < -0.39 is 9.84 Å². The summed E-state index contributed by atoms with van der Waals surface area (Å²) in [6.45, 7) is 1.23. The number of hydrogen-bond acceptors (Lipinski definition) is 7. The number of carbonyl (C=O) groups is 1. The minimum Gasteiger partial charge on any atom is -0.412 e. The van der Waals surface area contributed by atoms with Crippen LogP contribution in [0, 0.1) is 0 Å². The predicted octanol–water partition coefficient (Wildman–Crippen LogP) is 1.48. The molecule has 23 heavy (non-hydrogen) atoms. The first kappa shape index (κ1) is 16.1. The molecule has 1 aliphatic heterocycles. The molecule has 1 amide bonds. The van der Waals surface area contributed by atoms with E-state index in [9.17, 15) is 13.2 Å². The lowest BCUT2D eigenvalue weighted by Crippen LogP contribution is -2.38. The van der Waals surface area contributed by atoms with Gasteiger partial charge < -0.3 is 9.32 Å². The smallest absolute Gasteiger partial charge is 0.335 e. The van der Waals surface area contributed by atoms with Crippen molar-refractivity contribution in [2.45, 2.75) is 30.4 Å². The van der Waals surface area contributed by atoms with E-state index in [4.69, 9.17) is 4.42 Å². The second-order valence-corrected chi connectivity index (χ2v) is 8.52. The monoisotopic (exact) mass is 355 g/mol. The highest BCUT2D eigenvalue weighted by molar-refractivity contribution is 7.90. The third kappa shape index (κ3) is 3.78. The first-order valence-electron chi connectivity index (χ1n) is 7.27. The molecule has 124 valence electrons. The molecule has 0 radical (unpaired) electrons. The average Bonchev–Trinajstić information content (AvgIpc) is 3.18. The lowest BCUT2D eigenvalue weighted by molar-refractivity contribution is -0.131. The maximum absolute atomic E-state index is 12.2. The Hall–Kier alpha value is -1.74. The highest BCUT2D eigenvalue weighted by Crippen LogP contribution is 2.28. The fraction of sp³-hybridized carbons (Fsp3) is 0.500. The van der Waals surface area contributed by atoms with Gasteiger partial charge in [0.1, 0.15) is 0 Å². The molecule has 7 nitrogen and oxygen atoms in total. The number of likely N-dealkylation sites (tertiary alicyclic amines) is 1. The molecule has 2 aromatic rings. The van der Waals surface area contributed by atoms with Crippen LogP contribution in [0.2, 0.25) is 0 Å². The third-order valence-corrected chi connectivity index (χ3v) is 5.52. The van der Waals surface area contributed by atoms with Gasteiger partial charge in [-0.15, -0.1) is 16.4 Å². The average molecular weight is 355 g/mol. The summed E-state index contributed by atoms with van der Waals surface area (Å²) in [5.41, 5.74) is 0. The van der Waals surface area contributed by atoms with Crippen LogP contribution in [0.5, 0.6) is 0 Å². The fourth-order valence-electron chi connectivity index (χ4n) is 2.59. The van der Waals surface area contributed by atoms with Gasteiger partial charge >= 0.3 is 5.22 Å². The standard InChI is InChI=1S/C14H17N3O4S2/c1-23(19,20)14-16-15-13(21-14)10-4-6-17(7-5-10)12(18)9-11-3-2-8-22-11/h2-3,8,10H,4-7,9H2,1H3. The topological polar surface area (TPSA) is 93.4 Å². The van der Waals surface area contributed by atoms with Gasteiger partial charge in [-0.3, -0.25) is 4.79 Å². The number of aromatic nitrogens is 2.